The summed E-state index contributed by atoms with van der Waals surface area (Å²) in [5.41, 5.74) is 0.932. The molecule has 2 aromatic rings. The molecular weight excluding hydrogens is 312 g/mol. The van der Waals surface area contributed by atoms with Gasteiger partial charge in [0.05, 0.1) is 17.2 Å². The Bertz CT molecular complexity index is 639. The van der Waals surface area contributed by atoms with Crippen LogP contribution in [0.1, 0.15) is 19.8 Å². The average Bonchev–Trinajstić information content (AvgIpc) is 3.11. The van der Waals surface area contributed by atoms with Crippen LogP contribution >= 0.6 is 11.3 Å². The van der Waals surface area contributed by atoms with Crippen molar-refractivity contribution in [2.45, 2.75) is 25.8 Å². The molecule has 0 spiro atoms. The van der Waals surface area contributed by atoms with E-state index in [2.05, 4.69) is 21.4 Å². The molecule has 23 heavy (non-hydrogen) atoms. The minimum absolute atomic E-state index is 0.215. The molecule has 1 N–H and O–H groups in total. The van der Waals surface area contributed by atoms with Crippen molar-refractivity contribution in [1.82, 2.24) is 14.9 Å². The third-order valence-electron chi connectivity index (χ3n) is 3.81. The van der Waals surface area contributed by atoms with E-state index in [4.69, 9.17) is 4.74 Å². The predicted octanol–water partition coefficient (Wildman–Crippen LogP) is 3.24. The largest absolute Gasteiger partial charge is 0.450 e. The van der Waals surface area contributed by atoms with Gasteiger partial charge in [-0.3, -0.25) is 0 Å². The van der Waals surface area contributed by atoms with Crippen LogP contribution in [0.3, 0.4) is 0 Å². The number of carbonyl (C=O) groups is 1. The SMILES string of the molecule is CCOC(=O)N1CCC(Nc2cc(-c3cccs3)ncn2)CC1. The molecule has 3 heterocycles. The lowest BCUT2D eigenvalue weighted by Gasteiger charge is -2.31. The van der Waals surface area contributed by atoms with E-state index in [9.17, 15) is 4.79 Å². The number of nitrogens with zero attached hydrogens (tertiary/aromatic N) is 3. The van der Waals surface area contributed by atoms with Crippen molar-refractivity contribution in [2.75, 3.05) is 25.0 Å². The first-order valence-corrected chi connectivity index (χ1v) is 8.68. The number of rotatable bonds is 4. The Morgan fingerprint density at radius 2 is 2.26 bits per heavy atom. The van der Waals surface area contributed by atoms with Crippen molar-refractivity contribution in [3.8, 4) is 10.6 Å². The first-order valence-electron chi connectivity index (χ1n) is 7.80. The van der Waals surface area contributed by atoms with Crippen LogP contribution in [0.15, 0.2) is 29.9 Å². The Kier molecular flexibility index (Phi) is 5.07. The fourth-order valence-corrected chi connectivity index (χ4v) is 3.32. The van der Waals surface area contributed by atoms with Crippen LogP contribution in [-0.4, -0.2) is 46.7 Å². The van der Waals surface area contributed by atoms with Crippen LogP contribution in [0.5, 0.6) is 0 Å². The predicted molar refractivity (Wildman–Crippen MR) is 90.6 cm³/mol. The van der Waals surface area contributed by atoms with Gasteiger partial charge in [0, 0.05) is 25.2 Å². The fraction of sp³-hybridized carbons (Fsp3) is 0.438. The van der Waals surface area contributed by atoms with Gasteiger partial charge in [0.15, 0.2) is 0 Å². The second kappa shape index (κ2) is 7.41. The number of hydrogen-bond donors (Lipinski definition) is 1. The summed E-state index contributed by atoms with van der Waals surface area (Å²) < 4.78 is 5.04. The lowest BCUT2D eigenvalue weighted by molar-refractivity contribution is 0.0983. The van der Waals surface area contributed by atoms with Gasteiger partial charge >= 0.3 is 6.09 Å². The van der Waals surface area contributed by atoms with E-state index in [0.717, 1.165) is 29.2 Å². The summed E-state index contributed by atoms with van der Waals surface area (Å²) in [7, 11) is 0. The van der Waals surface area contributed by atoms with Gasteiger partial charge in [-0.1, -0.05) is 6.07 Å². The Hall–Kier alpha value is -2.15. The van der Waals surface area contributed by atoms with Crippen molar-refractivity contribution in [2.24, 2.45) is 0 Å². The molecule has 0 bridgehead atoms. The molecule has 1 saturated heterocycles. The van der Waals surface area contributed by atoms with E-state index in [1.165, 1.54) is 0 Å². The van der Waals surface area contributed by atoms with Gasteiger partial charge < -0.3 is 15.0 Å². The molecule has 7 heteroatoms. The van der Waals surface area contributed by atoms with Crippen LogP contribution in [-0.2, 0) is 4.74 Å². The topological polar surface area (TPSA) is 67.3 Å². The van der Waals surface area contributed by atoms with Crippen molar-refractivity contribution < 1.29 is 9.53 Å². The maximum atomic E-state index is 11.7. The maximum Gasteiger partial charge on any atom is 0.409 e. The quantitative estimate of drug-likeness (QED) is 0.931. The first kappa shape index (κ1) is 15.7. The number of amides is 1. The highest BCUT2D eigenvalue weighted by molar-refractivity contribution is 7.13. The highest BCUT2D eigenvalue weighted by Gasteiger charge is 2.23. The number of nitrogens with one attached hydrogen (secondary N) is 1. The van der Waals surface area contributed by atoms with E-state index in [-0.39, 0.29) is 6.09 Å². The van der Waals surface area contributed by atoms with Gasteiger partial charge in [-0.25, -0.2) is 14.8 Å². The summed E-state index contributed by atoms with van der Waals surface area (Å²) in [4.78, 5) is 23.2. The summed E-state index contributed by atoms with van der Waals surface area (Å²) in [6.45, 7) is 3.66. The number of ether oxygens (including phenoxy) is 1. The highest BCUT2D eigenvalue weighted by Crippen LogP contribution is 2.24. The zero-order valence-electron chi connectivity index (χ0n) is 13.1. The standard InChI is InChI=1S/C16H20N4O2S/c1-2-22-16(21)20-7-5-12(6-8-20)19-15-10-13(17-11-18-15)14-4-3-9-23-14/h3-4,9-12H,2,5-8H2,1H3,(H,17,18,19). The summed E-state index contributed by atoms with van der Waals surface area (Å²) >= 11 is 1.66. The van der Waals surface area contributed by atoms with Gasteiger partial charge in [-0.2, -0.15) is 0 Å². The minimum Gasteiger partial charge on any atom is -0.450 e. The zero-order chi connectivity index (χ0) is 16.1. The number of carbonyl (C=O) groups excluding carboxylic acids is 1. The summed E-state index contributed by atoms with van der Waals surface area (Å²) in [5, 5.41) is 5.49. The molecule has 0 aliphatic carbocycles. The molecule has 0 radical (unpaired) electrons. The lowest BCUT2D eigenvalue weighted by atomic mass is 10.1. The van der Waals surface area contributed by atoms with Gasteiger partial charge in [0.2, 0.25) is 0 Å². The van der Waals surface area contributed by atoms with Crippen LogP contribution in [0.25, 0.3) is 10.6 Å². The monoisotopic (exact) mass is 332 g/mol. The molecule has 1 aliphatic heterocycles. The van der Waals surface area contributed by atoms with Crippen molar-refractivity contribution in [3.05, 3.63) is 29.9 Å². The molecule has 6 nitrogen and oxygen atoms in total. The Balaban J connectivity index is 1.57. The molecule has 3 rings (SSSR count). The number of thiophene rings is 1. The summed E-state index contributed by atoms with van der Waals surface area (Å²) in [6, 6.07) is 6.35. The Morgan fingerprint density at radius 1 is 1.43 bits per heavy atom. The third kappa shape index (κ3) is 3.98. The Labute approximate surface area is 139 Å². The molecule has 1 aliphatic rings. The fourth-order valence-electron chi connectivity index (χ4n) is 2.63. The normalized spacial score (nSPS) is 15.4. The van der Waals surface area contributed by atoms with Gasteiger partial charge in [-0.05, 0) is 31.2 Å². The van der Waals surface area contributed by atoms with Crippen LogP contribution < -0.4 is 5.32 Å². The molecule has 0 unspecified atom stereocenters. The molecule has 0 aromatic carbocycles. The first-order chi connectivity index (χ1) is 11.3. The van der Waals surface area contributed by atoms with Gasteiger partial charge in [0.1, 0.15) is 12.1 Å². The molecule has 0 atom stereocenters. The van der Waals surface area contributed by atoms with E-state index in [0.29, 0.717) is 25.7 Å². The number of hydrogen-bond acceptors (Lipinski definition) is 6. The number of piperidine rings is 1. The molecule has 1 amide bonds. The van der Waals surface area contributed by atoms with E-state index >= 15 is 0 Å². The number of aromatic nitrogens is 2. The second-order valence-electron chi connectivity index (χ2n) is 5.37. The summed E-state index contributed by atoms with van der Waals surface area (Å²) in [6.07, 6.45) is 3.15. The third-order valence-corrected chi connectivity index (χ3v) is 4.71. The van der Waals surface area contributed by atoms with Gasteiger partial charge in [-0.15, -0.1) is 11.3 Å². The smallest absolute Gasteiger partial charge is 0.409 e. The minimum atomic E-state index is -0.215. The van der Waals surface area contributed by atoms with Crippen molar-refractivity contribution >= 4 is 23.2 Å². The lowest BCUT2D eigenvalue weighted by Crippen LogP contribution is -2.42. The molecule has 0 saturated carbocycles. The molecule has 1 fully saturated rings. The van der Waals surface area contributed by atoms with Crippen molar-refractivity contribution in [1.29, 1.82) is 0 Å². The number of anilines is 1. The van der Waals surface area contributed by atoms with Crippen LogP contribution in [0.4, 0.5) is 10.6 Å². The average molecular weight is 332 g/mol. The van der Waals surface area contributed by atoms with E-state index in [1.807, 2.05) is 24.4 Å². The second-order valence-corrected chi connectivity index (χ2v) is 6.32. The summed E-state index contributed by atoms with van der Waals surface area (Å²) in [5.74, 6) is 0.831. The molecule has 2 aromatic heterocycles. The zero-order valence-corrected chi connectivity index (χ0v) is 13.9. The van der Waals surface area contributed by atoms with Crippen LogP contribution in [0.2, 0.25) is 0 Å². The van der Waals surface area contributed by atoms with E-state index < -0.39 is 0 Å². The van der Waals surface area contributed by atoms with Crippen molar-refractivity contribution in [3.63, 3.8) is 0 Å². The van der Waals surface area contributed by atoms with Gasteiger partial charge in [0.25, 0.3) is 0 Å². The molecule has 122 valence electrons. The molecular formula is C16H20N4O2S. The van der Waals surface area contributed by atoms with Crippen LogP contribution in [0, 0.1) is 0 Å². The van der Waals surface area contributed by atoms with E-state index in [1.54, 1.807) is 22.6 Å². The Morgan fingerprint density at radius 3 is 2.96 bits per heavy atom. The highest BCUT2D eigenvalue weighted by atomic mass is 32.1. The maximum absolute atomic E-state index is 11.7. The number of likely N-dealkylation sites (tertiary alicyclic amines) is 1.